The van der Waals surface area contributed by atoms with Crippen molar-refractivity contribution in [3.8, 4) is 0 Å². The van der Waals surface area contributed by atoms with Gasteiger partial charge in [-0.3, -0.25) is 13.9 Å². The van der Waals surface area contributed by atoms with Crippen molar-refractivity contribution in [1.29, 1.82) is 0 Å². The molecule has 1 atom stereocenters. The van der Waals surface area contributed by atoms with E-state index in [0.717, 1.165) is 15.4 Å². The second-order valence-electron chi connectivity index (χ2n) is 9.05. The van der Waals surface area contributed by atoms with Crippen LogP contribution >= 0.6 is 34.8 Å². The summed E-state index contributed by atoms with van der Waals surface area (Å²) in [5, 5.41) is 3.69. The summed E-state index contributed by atoms with van der Waals surface area (Å²) in [5.74, 6) is -1.03. The summed E-state index contributed by atoms with van der Waals surface area (Å²) in [7, 11) is -4.20. The average molecular weight is 611 g/mol. The van der Waals surface area contributed by atoms with Crippen molar-refractivity contribution >= 4 is 62.3 Å². The van der Waals surface area contributed by atoms with Crippen LogP contribution in [0.15, 0.2) is 65.6 Å². The van der Waals surface area contributed by atoms with Gasteiger partial charge in [-0.25, -0.2) is 8.42 Å². The number of carbonyl (C=O) groups is 2. The van der Waals surface area contributed by atoms with Gasteiger partial charge in [-0.05, 0) is 69.7 Å². The number of rotatable bonds is 10. The van der Waals surface area contributed by atoms with Crippen molar-refractivity contribution in [1.82, 2.24) is 10.2 Å². The minimum atomic E-state index is -4.20. The van der Waals surface area contributed by atoms with Crippen molar-refractivity contribution in [2.45, 2.75) is 45.2 Å². The third kappa shape index (κ3) is 7.25. The van der Waals surface area contributed by atoms with Crippen LogP contribution in [0.4, 0.5) is 5.69 Å². The molecule has 0 aliphatic rings. The first-order valence-electron chi connectivity index (χ1n) is 12.2. The second-order valence-corrected chi connectivity index (χ2v) is 12.1. The lowest BCUT2D eigenvalue weighted by Gasteiger charge is -2.32. The zero-order valence-corrected chi connectivity index (χ0v) is 25.1. The lowest BCUT2D eigenvalue weighted by molar-refractivity contribution is -0.139. The Kier molecular flexibility index (Phi) is 10.3. The molecule has 0 saturated carbocycles. The largest absolute Gasteiger partial charge is 0.355 e. The molecule has 1 unspecified atom stereocenters. The topological polar surface area (TPSA) is 86.8 Å². The number of benzene rings is 3. The van der Waals surface area contributed by atoms with Gasteiger partial charge in [0.05, 0.1) is 10.6 Å². The number of halogens is 3. The Labute approximate surface area is 244 Å². The number of anilines is 1. The minimum Gasteiger partial charge on any atom is -0.355 e. The van der Waals surface area contributed by atoms with Gasteiger partial charge in [0.15, 0.2) is 0 Å². The van der Waals surface area contributed by atoms with Crippen LogP contribution in [0.3, 0.4) is 0 Å². The molecule has 0 aliphatic carbocycles. The fourth-order valence-corrected chi connectivity index (χ4v) is 5.96. The average Bonchev–Trinajstić information content (AvgIpc) is 2.88. The summed E-state index contributed by atoms with van der Waals surface area (Å²) in [6, 6.07) is 15.1. The fraction of sp³-hybridized carbons (Fsp3) is 0.286. The molecule has 1 N–H and O–H groups in total. The number of aryl methyl sites for hydroxylation is 2. The van der Waals surface area contributed by atoms with Crippen LogP contribution in [-0.4, -0.2) is 44.3 Å². The quantitative estimate of drug-likeness (QED) is 0.305. The van der Waals surface area contributed by atoms with Crippen molar-refractivity contribution in [3.63, 3.8) is 0 Å². The standard InChI is InChI=1S/C28H30Cl3N3O4S/c1-5-32-28(36)20(4)33(16-23-24(29)7-6-8-25(23)30)27(35)17-34(21-12-11-19(3)26(31)15-21)39(37,38)22-13-9-18(2)10-14-22/h6-15,20H,5,16-17H2,1-4H3,(H,32,36). The smallest absolute Gasteiger partial charge is 0.264 e. The maximum atomic E-state index is 13.9. The highest BCUT2D eigenvalue weighted by molar-refractivity contribution is 7.92. The molecule has 0 spiro atoms. The Hall–Kier alpha value is -2.78. The molecular weight excluding hydrogens is 581 g/mol. The number of nitrogens with one attached hydrogen (secondary N) is 1. The summed E-state index contributed by atoms with van der Waals surface area (Å²) in [6.07, 6.45) is 0. The molecule has 0 aromatic heterocycles. The highest BCUT2D eigenvalue weighted by atomic mass is 35.5. The van der Waals surface area contributed by atoms with E-state index >= 15 is 0 Å². The third-order valence-electron chi connectivity index (χ3n) is 6.24. The normalized spacial score (nSPS) is 12.1. The van der Waals surface area contributed by atoms with Crippen molar-refractivity contribution in [2.24, 2.45) is 0 Å². The fourth-order valence-electron chi connectivity index (χ4n) is 3.86. The van der Waals surface area contributed by atoms with E-state index in [0.29, 0.717) is 27.2 Å². The van der Waals surface area contributed by atoms with Crippen LogP contribution in [0.25, 0.3) is 0 Å². The Morgan fingerprint density at radius 1 is 0.923 bits per heavy atom. The summed E-state index contributed by atoms with van der Waals surface area (Å²) in [5.41, 5.74) is 2.28. The number of sulfonamides is 1. The molecule has 2 amide bonds. The van der Waals surface area contributed by atoms with Crippen molar-refractivity contribution < 1.29 is 18.0 Å². The van der Waals surface area contributed by atoms with Crippen molar-refractivity contribution in [2.75, 3.05) is 17.4 Å². The first-order valence-corrected chi connectivity index (χ1v) is 14.8. The van der Waals surface area contributed by atoms with Crippen LogP contribution < -0.4 is 9.62 Å². The molecule has 3 aromatic carbocycles. The maximum Gasteiger partial charge on any atom is 0.264 e. The Bertz CT molecular complexity index is 1440. The molecule has 7 nitrogen and oxygen atoms in total. The SMILES string of the molecule is CCNC(=O)C(C)N(Cc1c(Cl)cccc1Cl)C(=O)CN(c1ccc(C)c(Cl)c1)S(=O)(=O)c1ccc(C)cc1. The number of hydrogen-bond donors (Lipinski definition) is 1. The van der Waals surface area contributed by atoms with E-state index in [2.05, 4.69) is 5.32 Å². The predicted molar refractivity (Wildman–Crippen MR) is 157 cm³/mol. The molecule has 3 rings (SSSR count). The summed E-state index contributed by atoms with van der Waals surface area (Å²) < 4.78 is 28.7. The number of carbonyl (C=O) groups excluding carboxylic acids is 2. The molecule has 11 heteroatoms. The van der Waals surface area contributed by atoms with Gasteiger partial charge in [-0.15, -0.1) is 0 Å². The van der Waals surface area contributed by atoms with Gasteiger partial charge >= 0.3 is 0 Å². The monoisotopic (exact) mass is 609 g/mol. The molecular formula is C28H30Cl3N3O4S. The van der Waals surface area contributed by atoms with Gasteiger partial charge in [0, 0.05) is 33.7 Å². The molecule has 0 radical (unpaired) electrons. The molecule has 0 heterocycles. The van der Waals surface area contributed by atoms with E-state index in [4.69, 9.17) is 34.8 Å². The first kappa shape index (κ1) is 30.8. The van der Waals surface area contributed by atoms with Gasteiger partial charge in [0.2, 0.25) is 11.8 Å². The highest BCUT2D eigenvalue weighted by Gasteiger charge is 2.33. The molecule has 3 aromatic rings. The zero-order valence-electron chi connectivity index (χ0n) is 22.0. The van der Waals surface area contributed by atoms with E-state index in [1.54, 1.807) is 63.2 Å². The van der Waals surface area contributed by atoms with E-state index in [1.165, 1.54) is 23.1 Å². The highest BCUT2D eigenvalue weighted by Crippen LogP contribution is 2.30. The molecule has 39 heavy (non-hydrogen) atoms. The summed E-state index contributed by atoms with van der Waals surface area (Å²) in [6.45, 7) is 6.61. The van der Waals surface area contributed by atoms with Gasteiger partial charge in [-0.1, -0.05) is 64.6 Å². The van der Waals surface area contributed by atoms with Crippen molar-refractivity contribution in [3.05, 3.63) is 92.4 Å². The molecule has 0 fully saturated rings. The van der Waals surface area contributed by atoms with Crippen LogP contribution in [0, 0.1) is 13.8 Å². The van der Waals surface area contributed by atoms with Gasteiger partial charge < -0.3 is 10.2 Å². The third-order valence-corrected chi connectivity index (χ3v) is 9.14. The lowest BCUT2D eigenvalue weighted by atomic mass is 10.1. The summed E-state index contributed by atoms with van der Waals surface area (Å²) >= 11 is 19.1. The predicted octanol–water partition coefficient (Wildman–Crippen LogP) is 6.01. The maximum absolute atomic E-state index is 13.9. The van der Waals surface area contributed by atoms with Gasteiger partial charge in [-0.2, -0.15) is 0 Å². The number of nitrogens with zero attached hydrogens (tertiary/aromatic N) is 2. The summed E-state index contributed by atoms with van der Waals surface area (Å²) in [4.78, 5) is 28.0. The number of hydrogen-bond acceptors (Lipinski definition) is 4. The lowest BCUT2D eigenvalue weighted by Crippen LogP contribution is -2.51. The Balaban J connectivity index is 2.09. The van der Waals surface area contributed by atoms with Gasteiger partial charge in [0.1, 0.15) is 12.6 Å². The van der Waals surface area contributed by atoms with E-state index in [9.17, 15) is 18.0 Å². The van der Waals surface area contributed by atoms with Crippen LogP contribution in [0.5, 0.6) is 0 Å². The van der Waals surface area contributed by atoms with E-state index in [-0.39, 0.29) is 17.1 Å². The molecule has 0 aliphatic heterocycles. The van der Waals surface area contributed by atoms with Crippen LogP contribution in [0.2, 0.25) is 15.1 Å². The van der Waals surface area contributed by atoms with Crippen LogP contribution in [0.1, 0.15) is 30.5 Å². The molecule has 0 saturated heterocycles. The Morgan fingerprint density at radius 2 is 1.54 bits per heavy atom. The minimum absolute atomic E-state index is 0.00932. The van der Waals surface area contributed by atoms with Crippen LogP contribution in [-0.2, 0) is 26.2 Å². The first-order chi connectivity index (χ1) is 18.4. The second kappa shape index (κ2) is 13.0. The molecule has 0 bridgehead atoms. The Morgan fingerprint density at radius 3 is 2.10 bits per heavy atom. The number of amides is 2. The number of likely N-dealkylation sites (N-methyl/N-ethyl adjacent to an activating group) is 1. The van der Waals surface area contributed by atoms with Gasteiger partial charge in [0.25, 0.3) is 10.0 Å². The van der Waals surface area contributed by atoms with E-state index in [1.807, 2.05) is 6.92 Å². The molecule has 208 valence electrons. The zero-order chi connectivity index (χ0) is 28.9. The van der Waals surface area contributed by atoms with E-state index < -0.39 is 34.4 Å².